The molecule has 1 unspecified atom stereocenters. The van der Waals surface area contributed by atoms with Crippen LogP contribution in [0.15, 0.2) is 303 Å². The van der Waals surface area contributed by atoms with Crippen LogP contribution in [0.25, 0.3) is 122 Å². The van der Waals surface area contributed by atoms with Gasteiger partial charge in [-0.1, -0.05) is 351 Å². The summed E-state index contributed by atoms with van der Waals surface area (Å²) in [5, 5.41) is 27.4. The molecule has 0 saturated heterocycles. The van der Waals surface area contributed by atoms with Gasteiger partial charge in [0.05, 0.1) is 51.0 Å². The van der Waals surface area contributed by atoms with E-state index in [1.807, 2.05) is 12.1 Å². The van der Waals surface area contributed by atoms with Crippen LogP contribution in [0.4, 0.5) is 17.1 Å². The molecule has 2 aromatic heterocycles. The van der Waals surface area contributed by atoms with E-state index in [1.165, 1.54) is 88.0 Å². The van der Waals surface area contributed by atoms with Crippen molar-refractivity contribution >= 4 is 83.8 Å². The molecule has 4 heterocycles. The Kier molecular flexibility index (Phi) is 19.8. The van der Waals surface area contributed by atoms with E-state index in [4.69, 9.17) is 0 Å². The lowest BCUT2D eigenvalue weighted by molar-refractivity contribution is 0.568. The molecule has 0 aliphatic carbocycles. The summed E-state index contributed by atoms with van der Waals surface area (Å²) in [6.45, 7) is 48.9. The smallest absolute Gasteiger partial charge is 0.247 e. The third kappa shape index (κ3) is 14.7. The monoisotopic (exact) mass is 1650 g/mol. The molecule has 0 saturated carbocycles. The first-order chi connectivity index (χ1) is 60.3. The molecule has 0 fully saturated rings. The third-order valence-electron chi connectivity index (χ3n) is 27.4. The highest BCUT2D eigenvalue weighted by Gasteiger charge is 2.48. The van der Waals surface area contributed by atoms with Gasteiger partial charge in [0, 0.05) is 61.3 Å². The van der Waals surface area contributed by atoms with Crippen LogP contribution in [-0.4, -0.2) is 15.8 Å². The number of para-hydroxylation sites is 4. The fourth-order valence-corrected chi connectivity index (χ4v) is 20.1. The lowest BCUT2D eigenvalue weighted by Gasteiger charge is -2.45. The summed E-state index contributed by atoms with van der Waals surface area (Å²) in [7, 11) is 0. The van der Waals surface area contributed by atoms with Crippen LogP contribution < -0.4 is 21.3 Å². The first-order valence-corrected chi connectivity index (χ1v) is 45.4. The van der Waals surface area contributed by atoms with Gasteiger partial charge in [0.2, 0.25) is 6.71 Å². The minimum atomic E-state index is -0.498. The van der Waals surface area contributed by atoms with Gasteiger partial charge in [0.1, 0.15) is 0 Å². The standard InChI is InChI=1S/C121H114BN5/c1-115(2,3)84-48-44-76(45-49-84)80-62-97(78-34-30-32-74(56-78)72-123)111(98(63-80)82-58-86(117(7,8)9)66-87(59-82)118(10,11)12)112-101-70-91(125-105-40-26-22-36-93(105)94-37-23-27-41-106(94)125)52-54-103(101)122-104-55-53-92(126-107-42-28-24-38-95(107)96-39-25-29-43-108(96)126)71-109(104)127(110-69-90(121(19,20)21)68-102(112)113(110)122)114-99(79-35-31-33-75(57-79)73-124)64-81(77-46-50-85(51-47-77)116(4,5)6)65-100(114)83-60-88(119(13,14)15)67-89(61-83)120(16,17)18/h22-71,112H,1-21H3. The Morgan fingerprint density at radius 2 is 0.614 bits per heavy atom. The molecule has 17 aromatic rings. The second-order valence-electron chi connectivity index (χ2n) is 43.3. The zero-order chi connectivity index (χ0) is 89.3. The predicted molar refractivity (Wildman–Crippen MR) is 541 cm³/mol. The summed E-state index contributed by atoms with van der Waals surface area (Å²) in [6, 6.07) is 121. The van der Waals surface area contributed by atoms with Crippen molar-refractivity contribution in [2.45, 2.75) is 189 Å². The molecule has 1 atom stereocenters. The molecular formula is C121H114BN5. The molecule has 2 aliphatic rings. The van der Waals surface area contributed by atoms with Gasteiger partial charge in [0.15, 0.2) is 0 Å². The van der Waals surface area contributed by atoms with Crippen molar-refractivity contribution in [2.75, 3.05) is 4.90 Å². The van der Waals surface area contributed by atoms with Crippen LogP contribution >= 0.6 is 0 Å². The number of aromatic nitrogens is 2. The molecule has 0 bridgehead atoms. The number of nitrogens with zero attached hydrogens (tertiary/aromatic N) is 5. The van der Waals surface area contributed by atoms with E-state index in [2.05, 4.69) is 463 Å². The summed E-state index contributed by atoms with van der Waals surface area (Å²) < 4.78 is 5.01. The zero-order valence-electron chi connectivity index (χ0n) is 77.8. The SMILES string of the molecule is CC(C)(C)c1ccc(-c2cc(-c3cccc(C#N)c3)c(C3c4cc(-n5c6ccccc6c6ccccc65)ccc4B4c5ccc(-n6c7ccccc7c7ccccc76)cc5N(c5c(-c6cccc(C#N)c6)cc(-c6ccc(C(C)(C)C)cc6)cc5-c5cc(C(C)(C)C)cc(C(C)(C)C)c5)c5cc(C(C)(C)C)cc3c54)c(-c3cc(C(C)(C)C)cc(C(C)(C)C)c3)c2)cc1. The van der Waals surface area contributed by atoms with Crippen molar-refractivity contribution in [3.05, 3.63) is 370 Å². The van der Waals surface area contributed by atoms with Gasteiger partial charge in [-0.15, -0.1) is 0 Å². The van der Waals surface area contributed by atoms with Crippen LogP contribution in [0.2, 0.25) is 0 Å². The quantitative estimate of drug-likeness (QED) is 0.128. The van der Waals surface area contributed by atoms with Crippen molar-refractivity contribution in [3.63, 3.8) is 0 Å². The summed E-state index contributed by atoms with van der Waals surface area (Å²) in [4.78, 5) is 2.73. The first-order valence-electron chi connectivity index (χ1n) is 45.4. The van der Waals surface area contributed by atoms with E-state index in [1.54, 1.807) is 0 Å². The molecular weight excluding hydrogens is 1530 g/mol. The summed E-state index contributed by atoms with van der Waals surface area (Å²) in [6.07, 6.45) is 0. The minimum absolute atomic E-state index is 0.0793. The molecule has 0 amide bonds. The maximum absolute atomic E-state index is 11.3. The largest absolute Gasteiger partial charge is 0.310 e. The Hall–Kier alpha value is -13.3. The van der Waals surface area contributed by atoms with E-state index in [0.29, 0.717) is 11.1 Å². The normalized spacial score (nSPS) is 13.7. The molecule has 19 rings (SSSR count). The van der Waals surface area contributed by atoms with Gasteiger partial charge in [0.25, 0.3) is 0 Å². The molecule has 5 nitrogen and oxygen atoms in total. The maximum atomic E-state index is 11.3. The van der Waals surface area contributed by atoms with E-state index in [9.17, 15) is 10.5 Å². The topological polar surface area (TPSA) is 60.7 Å². The zero-order valence-corrected chi connectivity index (χ0v) is 77.8. The summed E-state index contributed by atoms with van der Waals surface area (Å²) >= 11 is 0. The Morgan fingerprint density at radius 3 is 1.02 bits per heavy atom. The fraction of sp³-hybridized carbons (Fsp3) is 0.240. The van der Waals surface area contributed by atoms with Crippen molar-refractivity contribution in [1.29, 1.82) is 10.5 Å². The van der Waals surface area contributed by atoms with E-state index in [-0.39, 0.29) is 39.2 Å². The average molecular weight is 1650 g/mol. The number of nitriles is 2. The Balaban J connectivity index is 1.04. The average Bonchev–Trinajstić information content (AvgIpc) is 0.716. The van der Waals surface area contributed by atoms with E-state index >= 15 is 0 Å². The van der Waals surface area contributed by atoms with Gasteiger partial charge < -0.3 is 14.0 Å². The molecule has 15 aromatic carbocycles. The first kappa shape index (κ1) is 83.3. The Morgan fingerprint density at radius 1 is 0.260 bits per heavy atom. The summed E-state index contributed by atoms with van der Waals surface area (Å²) in [5.41, 5.74) is 38.0. The van der Waals surface area contributed by atoms with Crippen molar-refractivity contribution in [2.24, 2.45) is 0 Å². The number of fused-ring (bicyclic) bond motifs is 10. The molecule has 0 N–H and O–H groups in total. The van der Waals surface area contributed by atoms with Crippen molar-refractivity contribution in [3.8, 4) is 90.3 Å². The highest BCUT2D eigenvalue weighted by Crippen LogP contribution is 2.56. The number of hydrogen-bond donors (Lipinski definition) is 0. The van der Waals surface area contributed by atoms with Gasteiger partial charge in [-0.05, 0) is 263 Å². The maximum Gasteiger partial charge on any atom is 0.247 e. The molecule has 2 aliphatic heterocycles. The highest BCUT2D eigenvalue weighted by molar-refractivity contribution is 6.99. The molecule has 0 spiro atoms. The van der Waals surface area contributed by atoms with Crippen molar-refractivity contribution < 1.29 is 0 Å². The van der Waals surface area contributed by atoms with E-state index in [0.717, 1.165) is 123 Å². The lowest BCUT2D eigenvalue weighted by atomic mass is 9.31. The number of hydrogen-bond acceptors (Lipinski definition) is 3. The lowest BCUT2D eigenvalue weighted by Crippen LogP contribution is -2.62. The molecule has 0 radical (unpaired) electrons. The Labute approximate surface area is 752 Å². The second kappa shape index (κ2) is 30.2. The van der Waals surface area contributed by atoms with Crippen LogP contribution in [0, 0.1) is 22.7 Å². The van der Waals surface area contributed by atoms with Gasteiger partial charge in [-0.3, -0.25) is 0 Å². The van der Waals surface area contributed by atoms with Gasteiger partial charge in [-0.25, -0.2) is 0 Å². The minimum Gasteiger partial charge on any atom is -0.310 e. The number of rotatable bonds is 10. The number of benzene rings is 15. The van der Waals surface area contributed by atoms with Crippen LogP contribution in [0.5, 0.6) is 0 Å². The third-order valence-corrected chi connectivity index (χ3v) is 27.4. The highest BCUT2D eigenvalue weighted by atomic mass is 15.2. The van der Waals surface area contributed by atoms with Gasteiger partial charge in [-0.2, -0.15) is 10.5 Å². The van der Waals surface area contributed by atoms with Crippen LogP contribution in [-0.2, 0) is 37.9 Å². The van der Waals surface area contributed by atoms with E-state index < -0.39 is 11.3 Å². The summed E-state index contributed by atoms with van der Waals surface area (Å²) in [5.74, 6) is -0.498. The van der Waals surface area contributed by atoms with Crippen LogP contribution in [0.1, 0.15) is 218 Å². The fourth-order valence-electron chi connectivity index (χ4n) is 20.1. The molecule has 6 heteroatoms. The molecule has 626 valence electrons. The predicted octanol–water partition coefficient (Wildman–Crippen LogP) is 30.5. The second-order valence-corrected chi connectivity index (χ2v) is 43.3. The van der Waals surface area contributed by atoms with Gasteiger partial charge >= 0.3 is 0 Å². The number of anilines is 3. The molecule has 127 heavy (non-hydrogen) atoms. The van der Waals surface area contributed by atoms with Crippen molar-refractivity contribution in [1.82, 2.24) is 9.13 Å². The Bertz CT molecular complexity index is 6830. The van der Waals surface area contributed by atoms with Crippen LogP contribution in [0.3, 0.4) is 0 Å².